The number of methoxy groups -OCH3 is 2. The molecule has 0 heterocycles. The molecule has 5 heteroatoms. The maximum atomic E-state index is 11.8. The van der Waals surface area contributed by atoms with Gasteiger partial charge in [-0.15, -0.1) is 0 Å². The molecule has 0 saturated carbocycles. The van der Waals surface area contributed by atoms with Crippen LogP contribution < -0.4 is 14.2 Å². The minimum atomic E-state index is -1.04. The second-order valence-electron chi connectivity index (χ2n) is 7.07. The van der Waals surface area contributed by atoms with E-state index in [0.29, 0.717) is 22.8 Å². The van der Waals surface area contributed by atoms with Gasteiger partial charge in [0.05, 0.1) is 14.2 Å². The molecule has 2 rings (SSSR count). The molecule has 2 aromatic carbocycles. The third-order valence-electron chi connectivity index (χ3n) is 4.13. The normalized spacial score (nSPS) is 12.3. The first-order valence-electron chi connectivity index (χ1n) is 8.46. The van der Waals surface area contributed by atoms with Crippen LogP contribution in [0.15, 0.2) is 42.5 Å². The molecule has 0 unspecified atom stereocenters. The number of rotatable bonds is 7. The van der Waals surface area contributed by atoms with Gasteiger partial charge < -0.3 is 19.3 Å². The highest BCUT2D eigenvalue weighted by molar-refractivity contribution is 5.73. The van der Waals surface area contributed by atoms with Gasteiger partial charge in [0.2, 0.25) is 0 Å². The summed E-state index contributed by atoms with van der Waals surface area (Å²) in [6.07, 6.45) is -0.881. The minimum Gasteiger partial charge on any atom is -0.497 e. The van der Waals surface area contributed by atoms with Crippen LogP contribution in [0.4, 0.5) is 0 Å². The number of carbonyl (C=O) groups is 1. The summed E-state index contributed by atoms with van der Waals surface area (Å²) in [5.74, 6) is 0.789. The third kappa shape index (κ3) is 4.69. The Morgan fingerprint density at radius 1 is 1.04 bits per heavy atom. The summed E-state index contributed by atoms with van der Waals surface area (Å²) in [6, 6.07) is 12.8. The molecular weight excluding hydrogens is 332 g/mol. The van der Waals surface area contributed by atoms with Gasteiger partial charge in [-0.1, -0.05) is 39.0 Å². The SMILES string of the molecule is COc1ccc(OC)c(C[C@@H](Oc2ccccc2C(C)(C)C)C(=O)O)c1. The van der Waals surface area contributed by atoms with Crippen LogP contribution in [0.2, 0.25) is 0 Å². The molecule has 5 nitrogen and oxygen atoms in total. The predicted molar refractivity (Wildman–Crippen MR) is 100 cm³/mol. The summed E-state index contributed by atoms with van der Waals surface area (Å²) < 4.78 is 16.5. The van der Waals surface area contributed by atoms with Crippen molar-refractivity contribution in [3.8, 4) is 17.2 Å². The van der Waals surface area contributed by atoms with Crippen LogP contribution in [0.25, 0.3) is 0 Å². The Bertz CT molecular complexity index is 761. The highest BCUT2D eigenvalue weighted by Crippen LogP contribution is 2.32. The van der Waals surface area contributed by atoms with E-state index in [9.17, 15) is 9.90 Å². The summed E-state index contributed by atoms with van der Waals surface area (Å²) in [7, 11) is 3.12. The Kier molecular flexibility index (Phi) is 6.14. The van der Waals surface area contributed by atoms with Gasteiger partial charge in [0.1, 0.15) is 17.2 Å². The van der Waals surface area contributed by atoms with E-state index in [0.717, 1.165) is 5.56 Å². The summed E-state index contributed by atoms with van der Waals surface area (Å²) in [5.41, 5.74) is 1.52. The van der Waals surface area contributed by atoms with Crippen LogP contribution in [-0.4, -0.2) is 31.4 Å². The number of hydrogen-bond donors (Lipinski definition) is 1. The highest BCUT2D eigenvalue weighted by atomic mass is 16.5. The van der Waals surface area contributed by atoms with Crippen LogP contribution in [0, 0.1) is 0 Å². The van der Waals surface area contributed by atoms with Crippen LogP contribution in [0.3, 0.4) is 0 Å². The largest absolute Gasteiger partial charge is 0.497 e. The maximum Gasteiger partial charge on any atom is 0.345 e. The van der Waals surface area contributed by atoms with E-state index in [2.05, 4.69) is 20.8 Å². The highest BCUT2D eigenvalue weighted by Gasteiger charge is 2.26. The average molecular weight is 358 g/mol. The van der Waals surface area contributed by atoms with Crippen molar-refractivity contribution in [2.45, 2.75) is 38.7 Å². The third-order valence-corrected chi connectivity index (χ3v) is 4.13. The molecule has 0 aliphatic heterocycles. The molecule has 140 valence electrons. The predicted octanol–water partition coefficient (Wildman–Crippen LogP) is 4.08. The van der Waals surface area contributed by atoms with E-state index in [1.54, 1.807) is 38.5 Å². The van der Waals surface area contributed by atoms with Crippen molar-refractivity contribution < 1.29 is 24.1 Å². The number of para-hydroxylation sites is 1. The minimum absolute atomic E-state index is 0.159. The van der Waals surface area contributed by atoms with Gasteiger partial charge in [0.25, 0.3) is 0 Å². The van der Waals surface area contributed by atoms with Crippen molar-refractivity contribution >= 4 is 5.97 Å². The zero-order chi connectivity index (χ0) is 19.3. The first-order chi connectivity index (χ1) is 12.3. The Hall–Kier alpha value is -2.69. The Labute approximate surface area is 154 Å². The molecule has 26 heavy (non-hydrogen) atoms. The van der Waals surface area contributed by atoms with Crippen LogP contribution in [0.1, 0.15) is 31.9 Å². The molecule has 0 aromatic heterocycles. The molecule has 0 spiro atoms. The number of carboxylic acid groups (broad SMARTS) is 1. The Morgan fingerprint density at radius 3 is 2.31 bits per heavy atom. The number of ether oxygens (including phenoxy) is 3. The molecule has 2 aromatic rings. The fraction of sp³-hybridized carbons (Fsp3) is 0.381. The summed E-state index contributed by atoms with van der Waals surface area (Å²) >= 11 is 0. The van der Waals surface area contributed by atoms with Crippen molar-refractivity contribution in [2.75, 3.05) is 14.2 Å². The molecule has 1 atom stereocenters. The van der Waals surface area contributed by atoms with E-state index in [4.69, 9.17) is 14.2 Å². The maximum absolute atomic E-state index is 11.8. The van der Waals surface area contributed by atoms with Gasteiger partial charge in [-0.05, 0) is 35.2 Å². The van der Waals surface area contributed by atoms with E-state index >= 15 is 0 Å². The van der Waals surface area contributed by atoms with Crippen molar-refractivity contribution in [2.24, 2.45) is 0 Å². The van der Waals surface area contributed by atoms with E-state index < -0.39 is 12.1 Å². The second kappa shape index (κ2) is 8.13. The first kappa shape index (κ1) is 19.6. The van der Waals surface area contributed by atoms with E-state index in [1.165, 1.54) is 0 Å². The Balaban J connectivity index is 2.34. The monoisotopic (exact) mass is 358 g/mol. The topological polar surface area (TPSA) is 65.0 Å². The number of carboxylic acids is 1. The molecule has 0 bridgehead atoms. The fourth-order valence-corrected chi connectivity index (χ4v) is 2.76. The van der Waals surface area contributed by atoms with Crippen LogP contribution >= 0.6 is 0 Å². The molecule has 1 N–H and O–H groups in total. The number of aliphatic carboxylic acids is 1. The van der Waals surface area contributed by atoms with Gasteiger partial charge in [0.15, 0.2) is 6.10 Å². The average Bonchev–Trinajstić information content (AvgIpc) is 2.60. The molecule has 0 aliphatic rings. The smallest absolute Gasteiger partial charge is 0.345 e. The number of hydrogen-bond acceptors (Lipinski definition) is 4. The van der Waals surface area contributed by atoms with Crippen molar-refractivity contribution in [1.82, 2.24) is 0 Å². The standard InChI is InChI=1S/C21H26O5/c1-21(2,3)16-8-6-7-9-18(16)26-19(20(22)23)13-14-12-15(24-4)10-11-17(14)25-5/h6-12,19H,13H2,1-5H3,(H,22,23)/t19-/m1/s1. The van der Waals surface area contributed by atoms with Crippen molar-refractivity contribution in [3.63, 3.8) is 0 Å². The van der Waals surface area contributed by atoms with Gasteiger partial charge in [0, 0.05) is 12.0 Å². The van der Waals surface area contributed by atoms with Gasteiger partial charge in [-0.3, -0.25) is 0 Å². The molecule has 0 saturated heterocycles. The number of benzene rings is 2. The lowest BCUT2D eigenvalue weighted by Gasteiger charge is -2.25. The molecule has 0 aliphatic carbocycles. The second-order valence-corrected chi connectivity index (χ2v) is 7.07. The molecule has 0 amide bonds. The van der Waals surface area contributed by atoms with Crippen LogP contribution in [0.5, 0.6) is 17.2 Å². The van der Waals surface area contributed by atoms with E-state index in [1.807, 2.05) is 18.2 Å². The summed E-state index contributed by atoms with van der Waals surface area (Å²) in [4.78, 5) is 11.8. The zero-order valence-electron chi connectivity index (χ0n) is 15.9. The van der Waals surface area contributed by atoms with Gasteiger partial charge in [-0.2, -0.15) is 0 Å². The zero-order valence-corrected chi connectivity index (χ0v) is 15.9. The summed E-state index contributed by atoms with van der Waals surface area (Å²) in [5, 5.41) is 9.68. The fourth-order valence-electron chi connectivity index (χ4n) is 2.76. The Morgan fingerprint density at radius 2 is 1.73 bits per heavy atom. The molecular formula is C21H26O5. The van der Waals surface area contributed by atoms with E-state index in [-0.39, 0.29) is 11.8 Å². The summed E-state index contributed by atoms with van der Waals surface area (Å²) in [6.45, 7) is 6.20. The lowest BCUT2D eigenvalue weighted by atomic mass is 9.86. The van der Waals surface area contributed by atoms with Crippen LogP contribution in [-0.2, 0) is 16.6 Å². The quantitative estimate of drug-likeness (QED) is 0.808. The van der Waals surface area contributed by atoms with Gasteiger partial charge in [-0.25, -0.2) is 4.79 Å². The van der Waals surface area contributed by atoms with Crippen molar-refractivity contribution in [1.29, 1.82) is 0 Å². The lowest BCUT2D eigenvalue weighted by Crippen LogP contribution is -2.30. The lowest BCUT2D eigenvalue weighted by molar-refractivity contribution is -0.145. The molecule has 0 fully saturated rings. The van der Waals surface area contributed by atoms with Gasteiger partial charge >= 0.3 is 5.97 Å². The molecule has 0 radical (unpaired) electrons. The van der Waals surface area contributed by atoms with Crippen molar-refractivity contribution in [3.05, 3.63) is 53.6 Å². The first-order valence-corrected chi connectivity index (χ1v) is 8.46.